The van der Waals surface area contributed by atoms with Crippen molar-refractivity contribution in [3.05, 3.63) is 72.1 Å². The van der Waals surface area contributed by atoms with Crippen LogP contribution in [0.5, 0.6) is 0 Å². The Hall–Kier alpha value is -3.03. The van der Waals surface area contributed by atoms with E-state index in [4.69, 9.17) is 0 Å². The van der Waals surface area contributed by atoms with Crippen molar-refractivity contribution in [2.24, 2.45) is 0 Å². The van der Waals surface area contributed by atoms with E-state index in [1.807, 2.05) is 36.4 Å². The highest BCUT2D eigenvalue weighted by Gasteiger charge is 2.25. The number of anilines is 1. The predicted molar refractivity (Wildman–Crippen MR) is 116 cm³/mol. The molecule has 2 aromatic carbocycles. The Morgan fingerprint density at radius 3 is 2.86 bits per heavy atom. The number of carbonyl (C=O) groups excluding carboxylic acids is 1. The standard InChI is InChI=1S/C22H21N5OS/c1-26(17-8-9-17)13-15-7-10-19-20(11-15)29-22(24-19)25-21(28)16-12-23-27(14-16)18-5-3-2-4-6-18/h2-7,10-12,14,17H,8-9,13H2,1H3,(H,24,25,28). The average Bonchev–Trinajstić information content (AvgIpc) is 3.33. The molecule has 0 radical (unpaired) electrons. The number of rotatable bonds is 6. The number of carbonyl (C=O) groups is 1. The molecule has 1 fully saturated rings. The van der Waals surface area contributed by atoms with Crippen LogP contribution in [-0.4, -0.2) is 38.7 Å². The molecule has 0 bridgehead atoms. The molecule has 6 nitrogen and oxygen atoms in total. The van der Waals surface area contributed by atoms with E-state index in [2.05, 4.69) is 39.5 Å². The molecule has 1 aliphatic carbocycles. The Bertz CT molecular complexity index is 1160. The summed E-state index contributed by atoms with van der Waals surface area (Å²) >= 11 is 1.50. The van der Waals surface area contributed by atoms with Gasteiger partial charge < -0.3 is 0 Å². The molecule has 2 aromatic heterocycles. The normalized spacial score (nSPS) is 13.9. The number of thiazole rings is 1. The lowest BCUT2D eigenvalue weighted by Gasteiger charge is -2.15. The zero-order valence-electron chi connectivity index (χ0n) is 16.1. The highest BCUT2D eigenvalue weighted by Crippen LogP contribution is 2.30. The van der Waals surface area contributed by atoms with Gasteiger partial charge in [0.05, 0.1) is 27.7 Å². The van der Waals surface area contributed by atoms with Crippen LogP contribution in [0, 0.1) is 0 Å². The molecule has 29 heavy (non-hydrogen) atoms. The van der Waals surface area contributed by atoms with Gasteiger partial charge in [-0.1, -0.05) is 35.6 Å². The summed E-state index contributed by atoms with van der Waals surface area (Å²) in [5.74, 6) is -0.208. The lowest BCUT2D eigenvalue weighted by atomic mass is 10.2. The number of amides is 1. The fourth-order valence-corrected chi connectivity index (χ4v) is 4.31. The van der Waals surface area contributed by atoms with Crippen LogP contribution in [0.4, 0.5) is 5.13 Å². The van der Waals surface area contributed by atoms with Crippen LogP contribution in [0.15, 0.2) is 60.9 Å². The summed E-state index contributed by atoms with van der Waals surface area (Å²) in [5.41, 5.74) is 3.59. The van der Waals surface area contributed by atoms with Crippen LogP contribution in [0.2, 0.25) is 0 Å². The summed E-state index contributed by atoms with van der Waals surface area (Å²) in [7, 11) is 2.18. The first-order chi connectivity index (χ1) is 14.2. The largest absolute Gasteiger partial charge is 0.299 e. The van der Waals surface area contributed by atoms with Crippen LogP contribution >= 0.6 is 11.3 Å². The average molecular weight is 404 g/mol. The number of nitrogens with one attached hydrogen (secondary N) is 1. The lowest BCUT2D eigenvalue weighted by molar-refractivity contribution is 0.102. The molecule has 7 heteroatoms. The molecule has 0 aliphatic heterocycles. The van der Waals surface area contributed by atoms with E-state index in [0.29, 0.717) is 10.7 Å². The molecule has 2 heterocycles. The summed E-state index contributed by atoms with van der Waals surface area (Å²) in [6.45, 7) is 0.943. The molecule has 4 aromatic rings. The summed E-state index contributed by atoms with van der Waals surface area (Å²) < 4.78 is 2.78. The van der Waals surface area contributed by atoms with E-state index < -0.39 is 0 Å². The highest BCUT2D eigenvalue weighted by atomic mass is 32.1. The SMILES string of the molecule is CN(Cc1ccc2nc(NC(=O)c3cnn(-c4ccccc4)c3)sc2c1)C1CC1. The minimum absolute atomic E-state index is 0.208. The second-order valence-electron chi connectivity index (χ2n) is 7.43. The Morgan fingerprint density at radius 2 is 2.07 bits per heavy atom. The smallest absolute Gasteiger partial charge is 0.260 e. The van der Waals surface area contributed by atoms with Gasteiger partial charge in [0.15, 0.2) is 5.13 Å². The molecule has 5 rings (SSSR count). The van der Waals surface area contributed by atoms with Gasteiger partial charge in [0.1, 0.15) is 0 Å². The summed E-state index contributed by atoms with van der Waals surface area (Å²) in [6, 6.07) is 16.8. The molecule has 0 spiro atoms. The zero-order valence-corrected chi connectivity index (χ0v) is 16.9. The number of para-hydroxylation sites is 1. The quantitative estimate of drug-likeness (QED) is 0.521. The molecular weight excluding hydrogens is 382 g/mol. The van der Waals surface area contributed by atoms with Gasteiger partial charge in [0.2, 0.25) is 0 Å². The number of hydrogen-bond donors (Lipinski definition) is 1. The maximum Gasteiger partial charge on any atom is 0.260 e. The van der Waals surface area contributed by atoms with Crippen LogP contribution in [0.25, 0.3) is 15.9 Å². The number of nitrogens with zero attached hydrogens (tertiary/aromatic N) is 4. The van der Waals surface area contributed by atoms with Crippen molar-refractivity contribution >= 4 is 32.6 Å². The molecule has 0 atom stereocenters. The number of hydrogen-bond acceptors (Lipinski definition) is 5. The Kier molecular flexibility index (Phi) is 4.61. The third kappa shape index (κ3) is 3.92. The maximum atomic E-state index is 12.6. The third-order valence-corrected chi connectivity index (χ3v) is 6.07. The molecule has 1 saturated carbocycles. The van der Waals surface area contributed by atoms with Gasteiger partial charge in [0, 0.05) is 18.8 Å². The Morgan fingerprint density at radius 1 is 1.24 bits per heavy atom. The van der Waals surface area contributed by atoms with Crippen LogP contribution in [0.1, 0.15) is 28.8 Å². The van der Waals surface area contributed by atoms with E-state index in [1.54, 1.807) is 17.1 Å². The van der Waals surface area contributed by atoms with E-state index in [-0.39, 0.29) is 5.91 Å². The van der Waals surface area contributed by atoms with Gasteiger partial charge in [0.25, 0.3) is 5.91 Å². The number of aromatic nitrogens is 3. The minimum Gasteiger partial charge on any atom is -0.299 e. The van der Waals surface area contributed by atoms with Gasteiger partial charge >= 0.3 is 0 Å². The monoisotopic (exact) mass is 403 g/mol. The Labute approximate surface area is 172 Å². The molecule has 1 amide bonds. The van der Waals surface area contributed by atoms with Gasteiger partial charge in [-0.2, -0.15) is 5.10 Å². The van der Waals surface area contributed by atoms with Gasteiger partial charge in [-0.25, -0.2) is 9.67 Å². The lowest BCUT2D eigenvalue weighted by Crippen LogP contribution is -2.19. The first kappa shape index (κ1) is 18.0. The highest BCUT2D eigenvalue weighted by molar-refractivity contribution is 7.22. The maximum absolute atomic E-state index is 12.6. The summed E-state index contributed by atoms with van der Waals surface area (Å²) in [5, 5.41) is 7.79. The molecular formula is C22H21N5OS. The third-order valence-electron chi connectivity index (χ3n) is 5.14. The summed E-state index contributed by atoms with van der Waals surface area (Å²) in [4.78, 5) is 19.6. The second-order valence-corrected chi connectivity index (χ2v) is 8.46. The van der Waals surface area contributed by atoms with Gasteiger partial charge in [-0.05, 0) is 49.7 Å². The number of fused-ring (bicyclic) bond motifs is 1. The van der Waals surface area contributed by atoms with Gasteiger partial charge in [-0.3, -0.25) is 15.0 Å². The molecule has 146 valence electrons. The minimum atomic E-state index is -0.208. The van der Waals surface area contributed by atoms with Crippen molar-refractivity contribution in [3.8, 4) is 5.69 Å². The molecule has 0 unspecified atom stereocenters. The van der Waals surface area contributed by atoms with Crippen LogP contribution < -0.4 is 5.32 Å². The van der Waals surface area contributed by atoms with E-state index in [9.17, 15) is 4.79 Å². The van der Waals surface area contributed by atoms with Crippen molar-refractivity contribution < 1.29 is 4.79 Å². The zero-order chi connectivity index (χ0) is 19.8. The topological polar surface area (TPSA) is 63.1 Å². The van der Waals surface area contributed by atoms with Crippen molar-refractivity contribution in [2.75, 3.05) is 12.4 Å². The van der Waals surface area contributed by atoms with E-state index in [0.717, 1.165) is 28.5 Å². The van der Waals surface area contributed by atoms with Crippen LogP contribution in [-0.2, 0) is 6.54 Å². The predicted octanol–water partition coefficient (Wildman–Crippen LogP) is 4.33. The van der Waals surface area contributed by atoms with E-state index >= 15 is 0 Å². The number of benzene rings is 2. The van der Waals surface area contributed by atoms with E-state index in [1.165, 1.54) is 29.7 Å². The van der Waals surface area contributed by atoms with Crippen molar-refractivity contribution in [3.63, 3.8) is 0 Å². The van der Waals surface area contributed by atoms with Gasteiger partial charge in [-0.15, -0.1) is 0 Å². The molecule has 0 saturated heterocycles. The first-order valence-corrected chi connectivity index (χ1v) is 10.5. The Balaban J connectivity index is 1.31. The fraction of sp³-hybridized carbons (Fsp3) is 0.227. The second kappa shape index (κ2) is 7.42. The summed E-state index contributed by atoms with van der Waals surface area (Å²) in [6.07, 6.45) is 5.90. The van der Waals surface area contributed by atoms with Crippen LogP contribution in [0.3, 0.4) is 0 Å². The van der Waals surface area contributed by atoms with Crippen molar-refractivity contribution in [2.45, 2.75) is 25.4 Å². The van der Waals surface area contributed by atoms with Crippen molar-refractivity contribution in [1.29, 1.82) is 0 Å². The molecule has 1 N–H and O–H groups in total. The van der Waals surface area contributed by atoms with Crippen molar-refractivity contribution in [1.82, 2.24) is 19.7 Å². The fourth-order valence-electron chi connectivity index (χ4n) is 3.38. The molecule has 1 aliphatic rings. The first-order valence-electron chi connectivity index (χ1n) is 9.67.